The van der Waals surface area contributed by atoms with Gasteiger partial charge in [0.2, 0.25) is 5.91 Å². The smallest absolute Gasteiger partial charge is 0.225 e. The summed E-state index contributed by atoms with van der Waals surface area (Å²) in [6.07, 6.45) is 2.65. The van der Waals surface area contributed by atoms with Gasteiger partial charge < -0.3 is 5.32 Å². The average Bonchev–Trinajstić information content (AvgIpc) is 2.71. The second-order valence-corrected chi connectivity index (χ2v) is 7.06. The average molecular weight is 293 g/mol. The zero-order chi connectivity index (χ0) is 14.8. The van der Waals surface area contributed by atoms with E-state index in [4.69, 9.17) is 0 Å². The van der Waals surface area contributed by atoms with Crippen LogP contribution in [0.2, 0.25) is 0 Å². The minimum Gasteiger partial charge on any atom is -0.326 e. The van der Waals surface area contributed by atoms with Crippen molar-refractivity contribution in [1.82, 2.24) is 0 Å². The predicted octanol–water partition coefficient (Wildman–Crippen LogP) is 2.44. The molecule has 1 aromatic carbocycles. The van der Waals surface area contributed by atoms with E-state index in [1.54, 1.807) is 6.08 Å². The highest BCUT2D eigenvalue weighted by molar-refractivity contribution is 7.94. The van der Waals surface area contributed by atoms with Crippen molar-refractivity contribution in [3.63, 3.8) is 0 Å². The Balaban J connectivity index is 2.04. The highest BCUT2D eigenvalue weighted by Crippen LogP contribution is 2.23. The molecule has 1 aromatic rings. The van der Waals surface area contributed by atoms with Crippen molar-refractivity contribution in [2.24, 2.45) is 5.92 Å². The van der Waals surface area contributed by atoms with Crippen LogP contribution in [0.25, 0.3) is 0 Å². The van der Waals surface area contributed by atoms with E-state index in [2.05, 4.69) is 5.32 Å². The van der Waals surface area contributed by atoms with Crippen LogP contribution < -0.4 is 5.32 Å². The van der Waals surface area contributed by atoms with Crippen LogP contribution in [0, 0.1) is 12.8 Å². The summed E-state index contributed by atoms with van der Waals surface area (Å²) in [4.78, 5) is 12.1. The number of amides is 1. The highest BCUT2D eigenvalue weighted by Gasteiger charge is 2.24. The summed E-state index contributed by atoms with van der Waals surface area (Å²) in [5.41, 5.74) is 2.96. The maximum atomic E-state index is 12.1. The molecule has 4 nitrogen and oxygen atoms in total. The monoisotopic (exact) mass is 293 g/mol. The number of benzene rings is 1. The van der Waals surface area contributed by atoms with Gasteiger partial charge in [0.1, 0.15) is 0 Å². The van der Waals surface area contributed by atoms with Crippen LogP contribution in [0.3, 0.4) is 0 Å². The molecule has 1 aliphatic rings. The van der Waals surface area contributed by atoms with Crippen LogP contribution >= 0.6 is 0 Å². The number of hydrogen-bond acceptors (Lipinski definition) is 3. The van der Waals surface area contributed by atoms with E-state index in [1.807, 2.05) is 32.0 Å². The summed E-state index contributed by atoms with van der Waals surface area (Å²) in [7, 11) is -3.10. The lowest BCUT2D eigenvalue weighted by Crippen LogP contribution is -2.19. The number of hydrogen-bond donors (Lipinski definition) is 1. The molecule has 0 unspecified atom stereocenters. The van der Waals surface area contributed by atoms with Gasteiger partial charge in [-0.3, -0.25) is 4.79 Å². The SMILES string of the molecule is CCc1cccc(C)c1NC(=O)C[C@@H]1C=CS(=O)(=O)C1. The number of carbonyl (C=O) groups is 1. The standard InChI is InChI=1S/C15H19NO3S/c1-3-13-6-4-5-11(2)15(13)16-14(17)9-12-7-8-20(18,19)10-12/h4-8,12H,3,9-10H2,1-2H3,(H,16,17)/t12-/m0/s1. The zero-order valence-electron chi connectivity index (χ0n) is 11.7. The van der Waals surface area contributed by atoms with Gasteiger partial charge in [0.05, 0.1) is 5.75 Å². The van der Waals surface area contributed by atoms with E-state index in [-0.39, 0.29) is 24.0 Å². The van der Waals surface area contributed by atoms with Crippen molar-refractivity contribution in [2.75, 3.05) is 11.1 Å². The van der Waals surface area contributed by atoms with E-state index in [9.17, 15) is 13.2 Å². The van der Waals surface area contributed by atoms with Gasteiger partial charge >= 0.3 is 0 Å². The van der Waals surface area contributed by atoms with Crippen LogP contribution in [0.4, 0.5) is 5.69 Å². The topological polar surface area (TPSA) is 63.2 Å². The molecule has 0 aromatic heterocycles. The Labute approximate surface area is 119 Å². The Kier molecular flexibility index (Phi) is 4.28. The number of para-hydroxylation sites is 1. The van der Waals surface area contributed by atoms with E-state index >= 15 is 0 Å². The molecular weight excluding hydrogens is 274 g/mol. The molecule has 0 saturated heterocycles. The number of sulfone groups is 1. The van der Waals surface area contributed by atoms with Crippen molar-refractivity contribution >= 4 is 21.4 Å². The lowest BCUT2D eigenvalue weighted by molar-refractivity contribution is -0.116. The van der Waals surface area contributed by atoms with Crippen LogP contribution in [0.15, 0.2) is 29.7 Å². The fraction of sp³-hybridized carbons (Fsp3) is 0.400. The zero-order valence-corrected chi connectivity index (χ0v) is 12.5. The highest BCUT2D eigenvalue weighted by atomic mass is 32.2. The first-order valence-corrected chi connectivity index (χ1v) is 8.42. The Bertz CT molecular complexity index is 647. The number of aryl methyl sites for hydroxylation is 2. The summed E-state index contributed by atoms with van der Waals surface area (Å²) in [6.45, 7) is 3.99. The number of nitrogens with one attached hydrogen (secondary N) is 1. The number of carbonyl (C=O) groups excluding carboxylic acids is 1. The number of allylic oxidation sites excluding steroid dienone is 1. The van der Waals surface area contributed by atoms with Gasteiger partial charge in [0.25, 0.3) is 0 Å². The summed E-state index contributed by atoms with van der Waals surface area (Å²) in [6, 6.07) is 5.91. The molecule has 108 valence electrons. The molecule has 1 aliphatic heterocycles. The molecule has 0 radical (unpaired) electrons. The quantitative estimate of drug-likeness (QED) is 0.927. The maximum absolute atomic E-state index is 12.1. The molecule has 0 fully saturated rings. The van der Waals surface area contributed by atoms with E-state index in [0.29, 0.717) is 0 Å². The van der Waals surface area contributed by atoms with Crippen molar-refractivity contribution in [3.05, 3.63) is 40.8 Å². The molecule has 0 saturated carbocycles. The summed E-state index contributed by atoms with van der Waals surface area (Å²) in [5, 5.41) is 4.12. The second-order valence-electron chi connectivity index (χ2n) is 5.13. The first-order valence-electron chi connectivity index (χ1n) is 6.70. The lowest BCUT2D eigenvalue weighted by Gasteiger charge is -2.14. The largest absolute Gasteiger partial charge is 0.326 e. The van der Waals surface area contributed by atoms with Gasteiger partial charge in [-0.2, -0.15) is 0 Å². The van der Waals surface area contributed by atoms with E-state index in [0.717, 1.165) is 23.2 Å². The Morgan fingerprint density at radius 3 is 2.75 bits per heavy atom. The molecule has 2 rings (SSSR count). The van der Waals surface area contributed by atoms with Gasteiger partial charge in [-0.1, -0.05) is 31.2 Å². The molecule has 1 amide bonds. The summed E-state index contributed by atoms with van der Waals surface area (Å²) < 4.78 is 22.6. The molecule has 0 bridgehead atoms. The third kappa shape index (κ3) is 3.48. The van der Waals surface area contributed by atoms with E-state index < -0.39 is 9.84 Å². The summed E-state index contributed by atoms with van der Waals surface area (Å²) in [5.74, 6) is -0.315. The van der Waals surface area contributed by atoms with Crippen molar-refractivity contribution in [2.45, 2.75) is 26.7 Å². The first-order chi connectivity index (χ1) is 9.41. The number of rotatable bonds is 4. The van der Waals surface area contributed by atoms with Crippen LogP contribution in [-0.2, 0) is 21.1 Å². The lowest BCUT2D eigenvalue weighted by atomic mass is 10.0. The molecular formula is C15H19NO3S. The number of anilines is 1. The maximum Gasteiger partial charge on any atom is 0.225 e. The van der Waals surface area contributed by atoms with Gasteiger partial charge in [-0.15, -0.1) is 0 Å². The molecule has 1 heterocycles. The molecule has 1 atom stereocenters. The molecule has 1 N–H and O–H groups in total. The Hall–Kier alpha value is -1.62. The normalized spacial score (nSPS) is 20.0. The first kappa shape index (κ1) is 14.8. The fourth-order valence-electron chi connectivity index (χ4n) is 2.40. The van der Waals surface area contributed by atoms with Gasteiger partial charge in [0.15, 0.2) is 9.84 Å². The molecule has 5 heteroatoms. The van der Waals surface area contributed by atoms with Crippen LogP contribution in [0.5, 0.6) is 0 Å². The molecule has 20 heavy (non-hydrogen) atoms. The third-order valence-corrected chi connectivity index (χ3v) is 4.92. The van der Waals surface area contributed by atoms with Gasteiger partial charge in [0, 0.05) is 23.4 Å². The van der Waals surface area contributed by atoms with Crippen molar-refractivity contribution in [1.29, 1.82) is 0 Å². The minimum absolute atomic E-state index is 0.0365. The van der Waals surface area contributed by atoms with Crippen molar-refractivity contribution < 1.29 is 13.2 Å². The Morgan fingerprint density at radius 2 is 2.15 bits per heavy atom. The fourth-order valence-corrected chi connectivity index (χ4v) is 3.80. The third-order valence-electron chi connectivity index (χ3n) is 3.46. The van der Waals surface area contributed by atoms with Gasteiger partial charge in [-0.25, -0.2) is 8.42 Å². The molecule has 0 aliphatic carbocycles. The predicted molar refractivity (Wildman–Crippen MR) is 80.2 cm³/mol. The van der Waals surface area contributed by atoms with Gasteiger partial charge in [-0.05, 0) is 24.5 Å². The van der Waals surface area contributed by atoms with E-state index in [1.165, 1.54) is 5.41 Å². The van der Waals surface area contributed by atoms with Crippen LogP contribution in [0.1, 0.15) is 24.5 Å². The van der Waals surface area contributed by atoms with Crippen LogP contribution in [-0.4, -0.2) is 20.1 Å². The minimum atomic E-state index is -3.10. The Morgan fingerprint density at radius 1 is 1.40 bits per heavy atom. The molecule has 0 spiro atoms. The van der Waals surface area contributed by atoms with Crippen molar-refractivity contribution in [3.8, 4) is 0 Å². The summed E-state index contributed by atoms with van der Waals surface area (Å²) >= 11 is 0. The second kappa shape index (κ2) is 5.79.